The minimum atomic E-state index is -0.155. The van der Waals surface area contributed by atoms with Gasteiger partial charge in [-0.25, -0.2) is 4.99 Å². The van der Waals surface area contributed by atoms with E-state index in [2.05, 4.69) is 29.7 Å². The molecule has 1 fully saturated rings. The maximum atomic E-state index is 9.70. The van der Waals surface area contributed by atoms with Crippen molar-refractivity contribution in [2.45, 2.75) is 57.9 Å². The van der Waals surface area contributed by atoms with Crippen LogP contribution in [0.5, 0.6) is 5.75 Å². The van der Waals surface area contributed by atoms with Crippen molar-refractivity contribution in [1.29, 1.82) is 0 Å². The number of ether oxygens (including phenoxy) is 1. The largest absolute Gasteiger partial charge is 0.487 e. The van der Waals surface area contributed by atoms with Gasteiger partial charge in [-0.05, 0) is 55.9 Å². The average Bonchev–Trinajstić information content (AvgIpc) is 2.74. The van der Waals surface area contributed by atoms with E-state index < -0.39 is 0 Å². The highest BCUT2D eigenvalue weighted by atomic mass is 35.5. The van der Waals surface area contributed by atoms with Crippen molar-refractivity contribution in [3.8, 4) is 5.75 Å². The van der Waals surface area contributed by atoms with Gasteiger partial charge in [0.25, 0.3) is 0 Å². The van der Waals surface area contributed by atoms with Gasteiger partial charge < -0.3 is 20.5 Å². The van der Waals surface area contributed by atoms with E-state index in [1.807, 2.05) is 36.4 Å². The molecular weight excluding hydrogens is 386 g/mol. The molecule has 2 aromatic rings. The Morgan fingerprint density at radius 2 is 1.76 bits per heavy atom. The van der Waals surface area contributed by atoms with E-state index in [9.17, 15) is 5.11 Å². The maximum Gasteiger partial charge on any atom is 0.191 e. The van der Waals surface area contributed by atoms with Gasteiger partial charge in [0, 0.05) is 12.6 Å². The number of rotatable bonds is 7. The smallest absolute Gasteiger partial charge is 0.191 e. The van der Waals surface area contributed by atoms with Crippen LogP contribution >= 0.6 is 11.6 Å². The Labute approximate surface area is 178 Å². The van der Waals surface area contributed by atoms with Gasteiger partial charge in [-0.2, -0.15) is 0 Å². The molecule has 0 bridgehead atoms. The predicted octanol–water partition coefficient (Wildman–Crippen LogP) is 4.28. The Morgan fingerprint density at radius 1 is 1.07 bits per heavy atom. The minimum Gasteiger partial charge on any atom is -0.487 e. The zero-order chi connectivity index (χ0) is 20.5. The number of hydrogen-bond acceptors (Lipinski definition) is 3. The summed E-state index contributed by atoms with van der Waals surface area (Å²) in [7, 11) is 0. The number of nitrogens with zero attached hydrogens (tertiary/aromatic N) is 1. The molecule has 0 saturated heterocycles. The van der Waals surface area contributed by atoms with Crippen LogP contribution in [-0.4, -0.2) is 29.8 Å². The van der Waals surface area contributed by atoms with Crippen molar-refractivity contribution in [1.82, 2.24) is 10.6 Å². The van der Waals surface area contributed by atoms with E-state index in [1.165, 1.54) is 0 Å². The van der Waals surface area contributed by atoms with Gasteiger partial charge in [0.1, 0.15) is 12.4 Å². The van der Waals surface area contributed by atoms with Crippen molar-refractivity contribution in [2.24, 2.45) is 4.99 Å². The summed E-state index contributed by atoms with van der Waals surface area (Å²) in [5, 5.41) is 17.1. The molecule has 0 aliphatic heterocycles. The van der Waals surface area contributed by atoms with Crippen molar-refractivity contribution in [3.05, 3.63) is 64.7 Å². The molecular formula is C23H30ClN3O2. The van der Waals surface area contributed by atoms with Crippen molar-refractivity contribution in [3.63, 3.8) is 0 Å². The Kier molecular flexibility index (Phi) is 8.20. The first-order valence-electron chi connectivity index (χ1n) is 10.3. The molecule has 0 aromatic heterocycles. The van der Waals surface area contributed by atoms with Gasteiger partial charge in [0.2, 0.25) is 0 Å². The third-order valence-corrected chi connectivity index (χ3v) is 5.44. The molecule has 3 rings (SSSR count). The lowest BCUT2D eigenvalue weighted by Crippen LogP contribution is -2.45. The highest BCUT2D eigenvalue weighted by Crippen LogP contribution is 2.24. The first-order valence-corrected chi connectivity index (χ1v) is 10.7. The highest BCUT2D eigenvalue weighted by molar-refractivity contribution is 6.32. The summed E-state index contributed by atoms with van der Waals surface area (Å²) in [6, 6.07) is 16.0. The molecule has 0 unspecified atom stereocenters. The summed E-state index contributed by atoms with van der Waals surface area (Å²) >= 11 is 6.19. The van der Waals surface area contributed by atoms with Crippen molar-refractivity contribution < 1.29 is 9.84 Å². The summed E-state index contributed by atoms with van der Waals surface area (Å²) < 4.78 is 5.91. The molecule has 0 heterocycles. The van der Waals surface area contributed by atoms with Crippen LogP contribution in [0.2, 0.25) is 5.02 Å². The molecule has 1 saturated carbocycles. The van der Waals surface area contributed by atoms with Crippen molar-refractivity contribution >= 4 is 17.6 Å². The second-order valence-corrected chi connectivity index (χ2v) is 7.74. The normalized spacial score (nSPS) is 19.6. The van der Waals surface area contributed by atoms with Crippen LogP contribution in [0.3, 0.4) is 0 Å². The third-order valence-electron chi connectivity index (χ3n) is 5.13. The van der Waals surface area contributed by atoms with E-state index in [0.29, 0.717) is 30.0 Å². The number of benzene rings is 2. The summed E-state index contributed by atoms with van der Waals surface area (Å²) in [6.45, 7) is 3.87. The zero-order valence-corrected chi connectivity index (χ0v) is 17.7. The lowest BCUT2D eigenvalue weighted by molar-refractivity contribution is 0.120. The molecule has 5 nitrogen and oxygen atoms in total. The summed E-state index contributed by atoms with van der Waals surface area (Å²) in [6.07, 6.45) is 3.47. The second-order valence-electron chi connectivity index (χ2n) is 7.33. The van der Waals surface area contributed by atoms with Crippen LogP contribution in [0.25, 0.3) is 0 Å². The molecule has 6 heteroatoms. The monoisotopic (exact) mass is 415 g/mol. The van der Waals surface area contributed by atoms with Crippen LogP contribution in [0.4, 0.5) is 0 Å². The van der Waals surface area contributed by atoms with Gasteiger partial charge in [0.05, 0.1) is 17.7 Å². The fraction of sp³-hybridized carbons (Fsp3) is 0.435. The standard InChI is InChI=1S/C23H30ClN3O2/c1-2-25-23(27-19-11-13-20(28)14-12-19)26-15-17-7-3-4-8-18(17)16-29-22-10-6-5-9-21(22)24/h3-10,19-20,28H,2,11-16H2,1H3,(H2,25,26,27). The molecule has 1 aliphatic rings. The first-order chi connectivity index (χ1) is 14.2. The SMILES string of the molecule is CCNC(=NCc1ccccc1COc1ccccc1Cl)NC1CCC(O)CC1. The first kappa shape index (κ1) is 21.5. The Morgan fingerprint density at radius 3 is 2.48 bits per heavy atom. The summed E-state index contributed by atoms with van der Waals surface area (Å²) in [4.78, 5) is 4.78. The summed E-state index contributed by atoms with van der Waals surface area (Å²) in [5.41, 5.74) is 2.21. The third kappa shape index (κ3) is 6.65. The Balaban J connectivity index is 1.63. The quantitative estimate of drug-likeness (QED) is 0.466. The lowest BCUT2D eigenvalue weighted by atomic mass is 9.93. The number of nitrogens with one attached hydrogen (secondary N) is 2. The maximum absolute atomic E-state index is 9.70. The fourth-order valence-corrected chi connectivity index (χ4v) is 3.66. The number of aliphatic imine (C=N–C) groups is 1. The molecule has 29 heavy (non-hydrogen) atoms. The van der Waals surface area contributed by atoms with Crippen molar-refractivity contribution in [2.75, 3.05) is 6.54 Å². The van der Waals surface area contributed by atoms with Crippen LogP contribution in [0.15, 0.2) is 53.5 Å². The minimum absolute atomic E-state index is 0.155. The number of hydrogen-bond donors (Lipinski definition) is 3. The van der Waals surface area contributed by atoms with Gasteiger partial charge in [0.15, 0.2) is 5.96 Å². The van der Waals surface area contributed by atoms with E-state index in [1.54, 1.807) is 0 Å². The van der Waals surface area contributed by atoms with Gasteiger partial charge in [-0.3, -0.25) is 0 Å². The number of guanidine groups is 1. The number of aliphatic hydroxyl groups excluding tert-OH is 1. The molecule has 0 spiro atoms. The van der Waals surface area contributed by atoms with E-state index >= 15 is 0 Å². The van der Waals surface area contributed by atoms with E-state index in [-0.39, 0.29) is 6.10 Å². The zero-order valence-electron chi connectivity index (χ0n) is 16.9. The summed E-state index contributed by atoms with van der Waals surface area (Å²) in [5.74, 6) is 1.50. The molecule has 0 amide bonds. The Bertz CT molecular complexity index is 804. The molecule has 0 radical (unpaired) electrons. The highest BCUT2D eigenvalue weighted by Gasteiger charge is 2.20. The van der Waals surface area contributed by atoms with Gasteiger partial charge in [-0.1, -0.05) is 48.0 Å². The Hall–Kier alpha value is -2.24. The lowest BCUT2D eigenvalue weighted by Gasteiger charge is -2.27. The van der Waals surface area contributed by atoms with Crippen LogP contribution < -0.4 is 15.4 Å². The van der Waals surface area contributed by atoms with Gasteiger partial charge in [-0.15, -0.1) is 0 Å². The predicted molar refractivity (Wildman–Crippen MR) is 118 cm³/mol. The topological polar surface area (TPSA) is 65.9 Å². The van der Waals surface area contributed by atoms with Crippen LogP contribution in [-0.2, 0) is 13.2 Å². The fourth-order valence-electron chi connectivity index (χ4n) is 3.47. The number of para-hydroxylation sites is 1. The average molecular weight is 416 g/mol. The second kappa shape index (κ2) is 11.1. The van der Waals surface area contributed by atoms with Crippen LogP contribution in [0.1, 0.15) is 43.7 Å². The molecule has 156 valence electrons. The van der Waals surface area contributed by atoms with Gasteiger partial charge >= 0.3 is 0 Å². The number of halogens is 1. The number of aliphatic hydroxyl groups is 1. The molecule has 1 aliphatic carbocycles. The van der Waals surface area contributed by atoms with Crippen LogP contribution in [0, 0.1) is 0 Å². The van der Waals surface area contributed by atoms with E-state index in [4.69, 9.17) is 21.3 Å². The molecule has 2 aromatic carbocycles. The van der Waals surface area contributed by atoms with E-state index in [0.717, 1.165) is 49.3 Å². The molecule has 3 N–H and O–H groups in total. The molecule has 0 atom stereocenters.